The number of anilines is 2. The molecule has 100 valence electrons. The van der Waals surface area contributed by atoms with Gasteiger partial charge in [0.1, 0.15) is 0 Å². The lowest BCUT2D eigenvalue weighted by Crippen LogP contribution is -2.21. The zero-order valence-corrected chi connectivity index (χ0v) is 11.8. The molecule has 0 atom stereocenters. The van der Waals surface area contributed by atoms with E-state index in [4.69, 9.17) is 11.6 Å². The Balaban J connectivity index is 2.20. The lowest BCUT2D eigenvalue weighted by atomic mass is 10.3. The maximum absolute atomic E-state index is 5.86. The van der Waals surface area contributed by atoms with Crippen LogP contribution >= 0.6 is 11.6 Å². The van der Waals surface area contributed by atoms with E-state index < -0.39 is 0 Å². The minimum Gasteiger partial charge on any atom is -0.357 e. The molecule has 0 fully saturated rings. The third kappa shape index (κ3) is 3.51. The molecule has 0 amide bonds. The lowest BCUT2D eigenvalue weighted by Gasteiger charge is -2.17. The first-order valence-electron chi connectivity index (χ1n) is 5.81. The van der Waals surface area contributed by atoms with E-state index >= 15 is 0 Å². The second kappa shape index (κ2) is 5.79. The average molecular weight is 279 g/mol. The first kappa shape index (κ1) is 13.5. The molecule has 0 aromatic carbocycles. The Kier molecular flexibility index (Phi) is 4.11. The highest BCUT2D eigenvalue weighted by Gasteiger charge is 2.09. The van der Waals surface area contributed by atoms with Crippen LogP contribution < -0.4 is 10.2 Å². The molecule has 0 saturated carbocycles. The molecule has 0 aliphatic carbocycles. The number of nitrogens with one attached hydrogen (secondary N) is 1. The molecule has 0 saturated heterocycles. The summed E-state index contributed by atoms with van der Waals surface area (Å²) < 4.78 is 0. The number of hydrogen-bond donors (Lipinski definition) is 1. The maximum Gasteiger partial charge on any atom is 0.231 e. The highest BCUT2D eigenvalue weighted by Crippen LogP contribution is 2.14. The van der Waals surface area contributed by atoms with Gasteiger partial charge in [-0.2, -0.15) is 15.0 Å². The van der Waals surface area contributed by atoms with E-state index in [2.05, 4.69) is 25.3 Å². The van der Waals surface area contributed by atoms with Crippen LogP contribution in [0.1, 0.15) is 11.4 Å². The van der Waals surface area contributed by atoms with E-state index in [-0.39, 0.29) is 5.28 Å². The van der Waals surface area contributed by atoms with Crippen molar-refractivity contribution in [3.05, 3.63) is 34.9 Å². The van der Waals surface area contributed by atoms with Gasteiger partial charge in [0, 0.05) is 19.8 Å². The molecule has 0 radical (unpaired) electrons. The fraction of sp³-hybridized carbons (Fsp3) is 0.333. The Labute approximate surface area is 116 Å². The van der Waals surface area contributed by atoms with Gasteiger partial charge in [0.05, 0.1) is 12.2 Å². The van der Waals surface area contributed by atoms with Gasteiger partial charge < -0.3 is 10.2 Å². The van der Waals surface area contributed by atoms with Crippen molar-refractivity contribution in [1.29, 1.82) is 0 Å². The molecule has 2 rings (SSSR count). The highest BCUT2D eigenvalue weighted by molar-refractivity contribution is 6.28. The SMILES string of the molecule is CNc1nc(Cl)nc(N(C)Cc2cccc(C)n2)n1. The Bertz CT molecular complexity index is 574. The molecule has 2 heterocycles. The van der Waals surface area contributed by atoms with Crippen LogP contribution in [-0.2, 0) is 6.54 Å². The fourth-order valence-electron chi connectivity index (χ4n) is 1.62. The maximum atomic E-state index is 5.86. The van der Waals surface area contributed by atoms with Crippen molar-refractivity contribution in [1.82, 2.24) is 19.9 Å². The molecule has 2 aromatic heterocycles. The van der Waals surface area contributed by atoms with Crippen LogP contribution in [0.4, 0.5) is 11.9 Å². The monoisotopic (exact) mass is 278 g/mol. The predicted octanol–water partition coefficient (Wildman–Crippen LogP) is 1.91. The van der Waals surface area contributed by atoms with Gasteiger partial charge in [-0.05, 0) is 30.7 Å². The Hall–Kier alpha value is -1.95. The van der Waals surface area contributed by atoms with Crippen LogP contribution in [0.15, 0.2) is 18.2 Å². The first-order valence-corrected chi connectivity index (χ1v) is 6.19. The zero-order valence-electron chi connectivity index (χ0n) is 11.1. The van der Waals surface area contributed by atoms with E-state index in [0.29, 0.717) is 18.4 Å². The molecule has 0 bridgehead atoms. The van der Waals surface area contributed by atoms with Crippen molar-refractivity contribution in [2.24, 2.45) is 0 Å². The summed E-state index contributed by atoms with van der Waals surface area (Å²) in [5.41, 5.74) is 1.93. The second-order valence-electron chi connectivity index (χ2n) is 4.10. The molecule has 1 N–H and O–H groups in total. The van der Waals surface area contributed by atoms with Crippen molar-refractivity contribution in [2.75, 3.05) is 24.3 Å². The van der Waals surface area contributed by atoms with Gasteiger partial charge in [0.2, 0.25) is 17.2 Å². The van der Waals surface area contributed by atoms with Crippen LogP contribution in [0.3, 0.4) is 0 Å². The van der Waals surface area contributed by atoms with E-state index in [1.807, 2.05) is 37.1 Å². The summed E-state index contributed by atoms with van der Waals surface area (Å²) in [6.07, 6.45) is 0. The predicted molar refractivity (Wildman–Crippen MR) is 75.5 cm³/mol. The van der Waals surface area contributed by atoms with Crippen molar-refractivity contribution < 1.29 is 0 Å². The van der Waals surface area contributed by atoms with Crippen molar-refractivity contribution >= 4 is 23.5 Å². The van der Waals surface area contributed by atoms with E-state index in [9.17, 15) is 0 Å². The Morgan fingerprint density at radius 1 is 1.21 bits per heavy atom. The highest BCUT2D eigenvalue weighted by atomic mass is 35.5. The lowest BCUT2D eigenvalue weighted by molar-refractivity contribution is 0.828. The molecule has 0 spiro atoms. The normalized spacial score (nSPS) is 10.3. The molecule has 0 aliphatic heterocycles. The van der Waals surface area contributed by atoms with E-state index in [0.717, 1.165) is 11.4 Å². The van der Waals surface area contributed by atoms with Crippen LogP contribution in [0, 0.1) is 6.92 Å². The van der Waals surface area contributed by atoms with Crippen molar-refractivity contribution in [2.45, 2.75) is 13.5 Å². The molecule has 6 nitrogen and oxygen atoms in total. The summed E-state index contributed by atoms with van der Waals surface area (Å²) >= 11 is 5.86. The molecular weight excluding hydrogens is 264 g/mol. The Morgan fingerprint density at radius 3 is 2.68 bits per heavy atom. The zero-order chi connectivity index (χ0) is 13.8. The third-order valence-electron chi connectivity index (χ3n) is 2.51. The summed E-state index contributed by atoms with van der Waals surface area (Å²) in [5.74, 6) is 0.951. The average Bonchev–Trinajstić information content (AvgIpc) is 2.38. The summed E-state index contributed by atoms with van der Waals surface area (Å²) in [7, 11) is 3.62. The summed E-state index contributed by atoms with van der Waals surface area (Å²) in [4.78, 5) is 18.6. The van der Waals surface area contributed by atoms with Crippen molar-refractivity contribution in [3.8, 4) is 0 Å². The van der Waals surface area contributed by atoms with Crippen molar-refractivity contribution in [3.63, 3.8) is 0 Å². The van der Waals surface area contributed by atoms with Gasteiger partial charge in [-0.25, -0.2) is 0 Å². The number of aryl methyl sites for hydroxylation is 1. The van der Waals surface area contributed by atoms with Gasteiger partial charge >= 0.3 is 0 Å². The van der Waals surface area contributed by atoms with Gasteiger partial charge in [0.25, 0.3) is 0 Å². The number of pyridine rings is 1. The number of nitrogens with zero attached hydrogens (tertiary/aromatic N) is 5. The third-order valence-corrected chi connectivity index (χ3v) is 2.68. The van der Waals surface area contributed by atoms with Crippen LogP contribution in [0.5, 0.6) is 0 Å². The number of hydrogen-bond acceptors (Lipinski definition) is 6. The summed E-state index contributed by atoms with van der Waals surface area (Å²) in [6, 6.07) is 5.90. The number of aromatic nitrogens is 4. The molecule has 7 heteroatoms. The summed E-state index contributed by atoms with van der Waals surface area (Å²) in [5, 5.41) is 3.01. The quantitative estimate of drug-likeness (QED) is 0.921. The van der Waals surface area contributed by atoms with E-state index in [1.54, 1.807) is 7.05 Å². The molecule has 19 heavy (non-hydrogen) atoms. The number of rotatable bonds is 4. The number of halogens is 1. The van der Waals surface area contributed by atoms with Gasteiger partial charge in [-0.1, -0.05) is 6.07 Å². The minimum atomic E-state index is 0.165. The second-order valence-corrected chi connectivity index (χ2v) is 4.44. The molecule has 0 aliphatic rings. The smallest absolute Gasteiger partial charge is 0.231 e. The molecule has 0 unspecified atom stereocenters. The fourth-order valence-corrected chi connectivity index (χ4v) is 1.78. The van der Waals surface area contributed by atoms with Gasteiger partial charge in [-0.15, -0.1) is 0 Å². The van der Waals surface area contributed by atoms with Crippen LogP contribution in [0.2, 0.25) is 5.28 Å². The van der Waals surface area contributed by atoms with E-state index in [1.165, 1.54) is 0 Å². The van der Waals surface area contributed by atoms with Gasteiger partial charge in [-0.3, -0.25) is 4.98 Å². The topological polar surface area (TPSA) is 66.8 Å². The largest absolute Gasteiger partial charge is 0.357 e. The standard InChI is InChI=1S/C12H15ClN6/c1-8-5-4-6-9(15-8)7-19(3)12-17-10(13)16-11(14-2)18-12/h4-6H,7H2,1-3H3,(H,14,16,17,18). The first-order chi connectivity index (χ1) is 9.08. The Morgan fingerprint density at radius 2 is 2.00 bits per heavy atom. The van der Waals surface area contributed by atoms with Crippen LogP contribution in [0.25, 0.3) is 0 Å². The molecule has 2 aromatic rings. The van der Waals surface area contributed by atoms with Gasteiger partial charge in [0.15, 0.2) is 0 Å². The minimum absolute atomic E-state index is 0.165. The summed E-state index contributed by atoms with van der Waals surface area (Å²) in [6.45, 7) is 2.56. The van der Waals surface area contributed by atoms with Crippen LogP contribution in [-0.4, -0.2) is 34.0 Å². The molecular formula is C12H15ClN6.